The second kappa shape index (κ2) is 9.24. The molecule has 156 valence electrons. The van der Waals surface area contributed by atoms with Crippen LogP contribution >= 0.6 is 12.2 Å². The minimum absolute atomic E-state index is 0.0551. The first-order valence-corrected chi connectivity index (χ1v) is 11.0. The maximum Gasteiger partial charge on any atom is 0.170 e. The molecule has 0 bridgehead atoms. The Morgan fingerprint density at radius 1 is 1.17 bits per heavy atom. The predicted octanol–water partition coefficient (Wildman–Crippen LogP) is 3.16. The standard InChI is InChI=1S/C22H31N5OS/c1-17(2)26-11-5-8-19(26)21-20(18-7-3-4-9-23-18)24-22(29)27(21)12-6-10-25-13-15-28-16-14-25/h3-5,7-9,11,17,20-21H,6,10,12-16H2,1-2H3,(H,24,29)/t20-,21-/m0/s1. The number of rotatable bonds is 7. The molecule has 29 heavy (non-hydrogen) atoms. The molecule has 0 aromatic carbocycles. The van der Waals surface area contributed by atoms with Crippen LogP contribution in [0.25, 0.3) is 0 Å². The average Bonchev–Trinajstić information content (AvgIpc) is 3.34. The van der Waals surface area contributed by atoms with Crippen molar-refractivity contribution in [2.45, 2.75) is 38.4 Å². The molecule has 6 nitrogen and oxygen atoms in total. The molecule has 0 spiro atoms. The summed E-state index contributed by atoms with van der Waals surface area (Å²) in [5, 5.41) is 4.38. The normalized spacial score (nSPS) is 23.0. The van der Waals surface area contributed by atoms with Crippen molar-refractivity contribution in [2.75, 3.05) is 39.4 Å². The van der Waals surface area contributed by atoms with Gasteiger partial charge in [0, 0.05) is 50.3 Å². The van der Waals surface area contributed by atoms with E-state index in [1.165, 1.54) is 5.69 Å². The van der Waals surface area contributed by atoms with Gasteiger partial charge in [0.2, 0.25) is 0 Å². The number of hydrogen-bond acceptors (Lipinski definition) is 4. The fourth-order valence-corrected chi connectivity index (χ4v) is 4.72. The molecule has 4 rings (SSSR count). The van der Waals surface area contributed by atoms with Crippen LogP contribution in [0, 0.1) is 0 Å². The van der Waals surface area contributed by atoms with Gasteiger partial charge in [0.1, 0.15) is 0 Å². The van der Waals surface area contributed by atoms with Crippen molar-refractivity contribution in [1.82, 2.24) is 24.7 Å². The molecule has 2 aliphatic rings. The van der Waals surface area contributed by atoms with Crippen LogP contribution in [0.1, 0.15) is 49.8 Å². The van der Waals surface area contributed by atoms with Gasteiger partial charge in [-0.3, -0.25) is 9.88 Å². The number of nitrogens with zero attached hydrogens (tertiary/aromatic N) is 4. The lowest BCUT2D eigenvalue weighted by Gasteiger charge is -2.31. The first-order chi connectivity index (χ1) is 14.1. The zero-order valence-corrected chi connectivity index (χ0v) is 18.1. The third kappa shape index (κ3) is 4.47. The first kappa shape index (κ1) is 20.3. The van der Waals surface area contributed by atoms with Crippen LogP contribution < -0.4 is 5.32 Å². The fraction of sp³-hybridized carbons (Fsp3) is 0.545. The monoisotopic (exact) mass is 413 g/mol. The average molecular weight is 414 g/mol. The third-order valence-corrected chi connectivity index (χ3v) is 6.20. The van der Waals surface area contributed by atoms with Gasteiger partial charge in [-0.25, -0.2) is 0 Å². The maximum absolute atomic E-state index is 5.79. The minimum Gasteiger partial charge on any atom is -0.379 e. The molecule has 2 fully saturated rings. The molecule has 2 aromatic rings. The lowest BCUT2D eigenvalue weighted by atomic mass is 10.0. The summed E-state index contributed by atoms with van der Waals surface area (Å²) in [4.78, 5) is 9.49. The van der Waals surface area contributed by atoms with E-state index in [4.69, 9.17) is 17.0 Å². The quantitative estimate of drug-likeness (QED) is 0.704. The Hall–Kier alpha value is -1.96. The maximum atomic E-state index is 5.79. The van der Waals surface area contributed by atoms with Gasteiger partial charge in [-0.15, -0.1) is 0 Å². The lowest BCUT2D eigenvalue weighted by Crippen LogP contribution is -2.39. The van der Waals surface area contributed by atoms with Gasteiger partial charge in [0.05, 0.1) is 31.0 Å². The van der Waals surface area contributed by atoms with E-state index in [0.29, 0.717) is 6.04 Å². The van der Waals surface area contributed by atoms with Gasteiger partial charge in [0.25, 0.3) is 0 Å². The predicted molar refractivity (Wildman–Crippen MR) is 119 cm³/mol. The van der Waals surface area contributed by atoms with Crippen molar-refractivity contribution >= 4 is 17.3 Å². The molecular formula is C22H31N5OS. The zero-order valence-electron chi connectivity index (χ0n) is 17.3. The van der Waals surface area contributed by atoms with E-state index in [0.717, 1.165) is 56.6 Å². The van der Waals surface area contributed by atoms with Crippen molar-refractivity contribution in [3.05, 3.63) is 54.1 Å². The topological polar surface area (TPSA) is 45.6 Å². The van der Waals surface area contributed by atoms with Crippen molar-refractivity contribution in [3.63, 3.8) is 0 Å². The molecule has 2 aliphatic heterocycles. The van der Waals surface area contributed by atoms with Gasteiger partial charge in [-0.2, -0.15) is 0 Å². The van der Waals surface area contributed by atoms with E-state index in [1.54, 1.807) is 0 Å². The largest absolute Gasteiger partial charge is 0.379 e. The highest BCUT2D eigenvalue weighted by molar-refractivity contribution is 7.80. The summed E-state index contributed by atoms with van der Waals surface area (Å²) in [5.41, 5.74) is 2.32. The Bertz CT molecular complexity index is 803. The summed E-state index contributed by atoms with van der Waals surface area (Å²) in [6.07, 6.45) is 5.11. The Morgan fingerprint density at radius 2 is 2.00 bits per heavy atom. The Balaban J connectivity index is 1.56. The number of morpholine rings is 1. The minimum atomic E-state index is 0.0551. The van der Waals surface area contributed by atoms with Gasteiger partial charge in [0.15, 0.2) is 5.11 Å². The highest BCUT2D eigenvalue weighted by Gasteiger charge is 2.41. The summed E-state index contributed by atoms with van der Waals surface area (Å²) in [5.74, 6) is 0. The van der Waals surface area contributed by atoms with Crippen molar-refractivity contribution in [1.29, 1.82) is 0 Å². The first-order valence-electron chi connectivity index (χ1n) is 10.6. The lowest BCUT2D eigenvalue weighted by molar-refractivity contribution is 0.0365. The van der Waals surface area contributed by atoms with Gasteiger partial charge < -0.3 is 19.5 Å². The van der Waals surface area contributed by atoms with E-state index in [9.17, 15) is 0 Å². The molecule has 2 aromatic heterocycles. The molecule has 4 heterocycles. The number of hydrogen-bond donors (Lipinski definition) is 1. The van der Waals surface area contributed by atoms with Crippen LogP contribution in [0.15, 0.2) is 42.7 Å². The fourth-order valence-electron chi connectivity index (χ4n) is 4.39. The molecule has 0 saturated carbocycles. The van der Waals surface area contributed by atoms with Crippen LogP contribution in [0.5, 0.6) is 0 Å². The van der Waals surface area contributed by atoms with Crippen molar-refractivity contribution in [3.8, 4) is 0 Å². The molecular weight excluding hydrogens is 382 g/mol. The molecule has 1 N–H and O–H groups in total. The SMILES string of the molecule is CC(C)n1cccc1[C@H]1[C@H](c2ccccn2)NC(=S)N1CCCN1CCOCC1. The molecule has 7 heteroatoms. The van der Waals surface area contributed by atoms with Crippen LogP contribution in [0.4, 0.5) is 0 Å². The van der Waals surface area contributed by atoms with E-state index in [-0.39, 0.29) is 12.1 Å². The highest BCUT2D eigenvalue weighted by atomic mass is 32.1. The summed E-state index contributed by atoms with van der Waals surface area (Å²) in [7, 11) is 0. The molecule has 2 saturated heterocycles. The van der Waals surface area contributed by atoms with Crippen molar-refractivity contribution in [2.24, 2.45) is 0 Å². The Morgan fingerprint density at radius 3 is 2.72 bits per heavy atom. The summed E-state index contributed by atoms with van der Waals surface area (Å²) in [6.45, 7) is 10.2. The van der Waals surface area contributed by atoms with Gasteiger partial charge in [-0.1, -0.05) is 6.07 Å². The van der Waals surface area contributed by atoms with E-state index in [1.807, 2.05) is 18.3 Å². The molecule has 0 amide bonds. The van der Waals surface area contributed by atoms with Crippen LogP contribution in [0.2, 0.25) is 0 Å². The van der Waals surface area contributed by atoms with Crippen LogP contribution in [0.3, 0.4) is 0 Å². The van der Waals surface area contributed by atoms with Gasteiger partial charge >= 0.3 is 0 Å². The smallest absolute Gasteiger partial charge is 0.170 e. The molecule has 0 aliphatic carbocycles. The van der Waals surface area contributed by atoms with E-state index in [2.05, 4.69) is 62.9 Å². The van der Waals surface area contributed by atoms with E-state index < -0.39 is 0 Å². The third-order valence-electron chi connectivity index (χ3n) is 5.85. The van der Waals surface area contributed by atoms with Crippen LogP contribution in [-0.4, -0.2) is 63.9 Å². The summed E-state index contributed by atoms with van der Waals surface area (Å²) >= 11 is 5.79. The second-order valence-corrected chi connectivity index (χ2v) is 8.45. The van der Waals surface area contributed by atoms with Gasteiger partial charge in [-0.05, 0) is 56.8 Å². The molecule has 2 atom stereocenters. The number of pyridine rings is 1. The zero-order chi connectivity index (χ0) is 20.2. The molecule has 0 unspecified atom stereocenters. The van der Waals surface area contributed by atoms with Crippen LogP contribution in [-0.2, 0) is 4.74 Å². The second-order valence-electron chi connectivity index (χ2n) is 8.06. The Labute approximate surface area is 178 Å². The number of aromatic nitrogens is 2. The summed E-state index contributed by atoms with van der Waals surface area (Å²) < 4.78 is 7.82. The number of thiocarbonyl (C=S) groups is 1. The number of ether oxygens (including phenoxy) is 1. The highest BCUT2D eigenvalue weighted by Crippen LogP contribution is 2.39. The van der Waals surface area contributed by atoms with E-state index >= 15 is 0 Å². The molecule has 0 radical (unpaired) electrons. The van der Waals surface area contributed by atoms with Crippen molar-refractivity contribution < 1.29 is 4.74 Å². The number of nitrogens with one attached hydrogen (secondary N) is 1. The Kier molecular flexibility index (Phi) is 6.47. The summed E-state index contributed by atoms with van der Waals surface area (Å²) in [6, 6.07) is 11.1.